The number of carbonyl (C=O) groups is 2. The molecule has 1 aliphatic carbocycles. The van der Waals surface area contributed by atoms with Crippen molar-refractivity contribution in [3.05, 3.63) is 23.2 Å². The Morgan fingerprint density at radius 3 is 2.47 bits per heavy atom. The molecule has 0 aromatic carbocycles. The Kier molecular flexibility index (Phi) is 3.64. The molecule has 1 aromatic heterocycles. The molecule has 0 spiro atoms. The van der Waals surface area contributed by atoms with Crippen LogP contribution in [0, 0.1) is 19.3 Å². The first kappa shape index (κ1) is 13.6. The average molecular weight is 265 g/mol. The van der Waals surface area contributed by atoms with E-state index in [0.717, 1.165) is 12.8 Å². The lowest BCUT2D eigenvalue weighted by Crippen LogP contribution is -2.41. The van der Waals surface area contributed by atoms with Crippen molar-refractivity contribution in [3.63, 3.8) is 0 Å². The zero-order valence-corrected chi connectivity index (χ0v) is 11.3. The predicted molar refractivity (Wildman–Crippen MR) is 69.1 cm³/mol. The molecule has 0 saturated heterocycles. The molecular formula is C14H19NO4. The van der Waals surface area contributed by atoms with Gasteiger partial charge < -0.3 is 14.8 Å². The van der Waals surface area contributed by atoms with Crippen LogP contribution in [-0.4, -0.2) is 23.5 Å². The highest BCUT2D eigenvalue weighted by Gasteiger charge is 2.41. The molecule has 0 unspecified atom stereocenters. The zero-order valence-electron chi connectivity index (χ0n) is 11.3. The summed E-state index contributed by atoms with van der Waals surface area (Å²) < 4.78 is 5.30. The third kappa shape index (κ3) is 2.64. The van der Waals surface area contributed by atoms with Gasteiger partial charge in [-0.25, -0.2) is 0 Å². The summed E-state index contributed by atoms with van der Waals surface area (Å²) in [6.45, 7) is 3.69. The SMILES string of the molecule is Cc1cc(C(=O)NCC2(C(=O)O)CCCC2)c(C)o1. The second-order valence-electron chi connectivity index (χ2n) is 5.30. The van der Waals surface area contributed by atoms with Crippen LogP contribution < -0.4 is 5.32 Å². The number of carbonyl (C=O) groups excluding carboxylic acids is 1. The number of carboxylic acid groups (broad SMARTS) is 1. The van der Waals surface area contributed by atoms with Gasteiger partial charge >= 0.3 is 5.97 Å². The minimum atomic E-state index is -0.814. The first-order chi connectivity index (χ1) is 8.94. The summed E-state index contributed by atoms with van der Waals surface area (Å²) in [4.78, 5) is 23.4. The number of hydrogen-bond acceptors (Lipinski definition) is 3. The molecule has 19 heavy (non-hydrogen) atoms. The highest BCUT2D eigenvalue weighted by atomic mass is 16.4. The van der Waals surface area contributed by atoms with Crippen LogP contribution in [0.25, 0.3) is 0 Å². The Morgan fingerprint density at radius 1 is 1.37 bits per heavy atom. The van der Waals surface area contributed by atoms with Crippen molar-refractivity contribution in [2.24, 2.45) is 5.41 Å². The normalized spacial score (nSPS) is 17.4. The first-order valence-electron chi connectivity index (χ1n) is 6.53. The first-order valence-corrected chi connectivity index (χ1v) is 6.53. The van der Waals surface area contributed by atoms with Crippen LogP contribution in [0.3, 0.4) is 0 Å². The molecule has 1 saturated carbocycles. The van der Waals surface area contributed by atoms with Gasteiger partial charge in [-0.15, -0.1) is 0 Å². The van der Waals surface area contributed by atoms with Crippen molar-refractivity contribution in [3.8, 4) is 0 Å². The van der Waals surface area contributed by atoms with E-state index in [1.165, 1.54) is 0 Å². The van der Waals surface area contributed by atoms with Gasteiger partial charge in [0, 0.05) is 6.54 Å². The third-order valence-corrected chi connectivity index (χ3v) is 3.89. The molecule has 5 nitrogen and oxygen atoms in total. The van der Waals surface area contributed by atoms with E-state index in [2.05, 4.69) is 5.32 Å². The molecule has 0 bridgehead atoms. The Morgan fingerprint density at radius 2 is 2.00 bits per heavy atom. The van der Waals surface area contributed by atoms with E-state index in [0.29, 0.717) is 29.9 Å². The van der Waals surface area contributed by atoms with Crippen molar-refractivity contribution < 1.29 is 19.1 Å². The summed E-state index contributed by atoms with van der Waals surface area (Å²) >= 11 is 0. The van der Waals surface area contributed by atoms with Gasteiger partial charge in [-0.2, -0.15) is 0 Å². The van der Waals surface area contributed by atoms with Crippen molar-refractivity contribution in [1.82, 2.24) is 5.32 Å². The van der Waals surface area contributed by atoms with Crippen LogP contribution in [0.4, 0.5) is 0 Å². The van der Waals surface area contributed by atoms with Crippen LogP contribution in [0.15, 0.2) is 10.5 Å². The number of aryl methyl sites for hydroxylation is 2. The number of aliphatic carboxylic acids is 1. The Bertz CT molecular complexity index is 498. The van der Waals surface area contributed by atoms with E-state index < -0.39 is 11.4 Å². The van der Waals surface area contributed by atoms with E-state index in [1.807, 2.05) is 0 Å². The number of furan rings is 1. The van der Waals surface area contributed by atoms with Crippen LogP contribution in [0.2, 0.25) is 0 Å². The number of amides is 1. The lowest BCUT2D eigenvalue weighted by molar-refractivity contribution is -0.148. The molecule has 1 heterocycles. The quantitative estimate of drug-likeness (QED) is 0.875. The maximum absolute atomic E-state index is 12.0. The van der Waals surface area contributed by atoms with Gasteiger partial charge in [-0.05, 0) is 32.8 Å². The predicted octanol–water partition coefficient (Wildman–Crippen LogP) is 2.27. The Balaban J connectivity index is 2.04. The highest BCUT2D eigenvalue weighted by molar-refractivity contribution is 5.95. The van der Waals surface area contributed by atoms with Gasteiger partial charge in [-0.3, -0.25) is 9.59 Å². The fourth-order valence-electron chi connectivity index (χ4n) is 2.72. The Labute approximate surface area is 112 Å². The molecule has 104 valence electrons. The summed E-state index contributed by atoms with van der Waals surface area (Å²) in [5.74, 6) is 0.162. The molecule has 1 amide bonds. The van der Waals surface area contributed by atoms with Crippen LogP contribution in [0.1, 0.15) is 47.6 Å². The van der Waals surface area contributed by atoms with Gasteiger partial charge in [0.15, 0.2) is 0 Å². The molecule has 1 fully saturated rings. The fraction of sp³-hybridized carbons (Fsp3) is 0.571. The molecule has 1 aromatic rings. The number of hydrogen-bond donors (Lipinski definition) is 2. The standard InChI is InChI=1S/C14H19NO4/c1-9-7-11(10(2)19-9)12(16)15-8-14(13(17)18)5-3-4-6-14/h7H,3-6,8H2,1-2H3,(H,15,16)(H,17,18). The van der Waals surface area contributed by atoms with Gasteiger partial charge in [-0.1, -0.05) is 12.8 Å². The zero-order chi connectivity index (χ0) is 14.0. The minimum absolute atomic E-state index is 0.185. The van der Waals surface area contributed by atoms with E-state index in [4.69, 9.17) is 4.42 Å². The third-order valence-electron chi connectivity index (χ3n) is 3.89. The average Bonchev–Trinajstić information content (AvgIpc) is 2.94. The molecule has 5 heteroatoms. The monoisotopic (exact) mass is 265 g/mol. The fourth-order valence-corrected chi connectivity index (χ4v) is 2.72. The lowest BCUT2D eigenvalue weighted by atomic mass is 9.86. The van der Waals surface area contributed by atoms with Crippen molar-refractivity contribution >= 4 is 11.9 Å². The number of nitrogens with one attached hydrogen (secondary N) is 1. The van der Waals surface area contributed by atoms with E-state index in [-0.39, 0.29) is 12.5 Å². The van der Waals surface area contributed by atoms with E-state index >= 15 is 0 Å². The lowest BCUT2D eigenvalue weighted by Gasteiger charge is -2.23. The Hall–Kier alpha value is -1.78. The molecule has 0 atom stereocenters. The van der Waals surface area contributed by atoms with E-state index in [9.17, 15) is 14.7 Å². The minimum Gasteiger partial charge on any atom is -0.481 e. The molecule has 0 radical (unpaired) electrons. The topological polar surface area (TPSA) is 79.5 Å². The van der Waals surface area contributed by atoms with Gasteiger partial charge in [0.25, 0.3) is 5.91 Å². The van der Waals surface area contributed by atoms with Crippen LogP contribution in [-0.2, 0) is 4.79 Å². The molecule has 1 aliphatic rings. The largest absolute Gasteiger partial charge is 0.481 e. The number of carboxylic acids is 1. The van der Waals surface area contributed by atoms with Crippen LogP contribution in [0.5, 0.6) is 0 Å². The summed E-state index contributed by atoms with van der Waals surface area (Å²) in [6, 6.07) is 1.67. The van der Waals surface area contributed by atoms with Crippen molar-refractivity contribution in [1.29, 1.82) is 0 Å². The second-order valence-corrected chi connectivity index (χ2v) is 5.30. The van der Waals surface area contributed by atoms with Crippen molar-refractivity contribution in [2.45, 2.75) is 39.5 Å². The summed E-state index contributed by atoms with van der Waals surface area (Å²) in [5, 5.41) is 12.1. The molecule has 2 N–H and O–H groups in total. The molecule has 0 aliphatic heterocycles. The maximum atomic E-state index is 12.0. The highest BCUT2D eigenvalue weighted by Crippen LogP contribution is 2.37. The van der Waals surface area contributed by atoms with Crippen molar-refractivity contribution in [2.75, 3.05) is 6.54 Å². The summed E-state index contributed by atoms with van der Waals surface area (Å²) in [5.41, 5.74) is -0.307. The van der Waals surface area contributed by atoms with E-state index in [1.54, 1.807) is 19.9 Å². The maximum Gasteiger partial charge on any atom is 0.311 e. The van der Waals surface area contributed by atoms with Gasteiger partial charge in [0.1, 0.15) is 11.5 Å². The van der Waals surface area contributed by atoms with Gasteiger partial charge in [0.05, 0.1) is 11.0 Å². The molecule has 2 rings (SSSR count). The number of rotatable bonds is 4. The second kappa shape index (κ2) is 5.07. The smallest absolute Gasteiger partial charge is 0.311 e. The van der Waals surface area contributed by atoms with Crippen LogP contribution >= 0.6 is 0 Å². The summed E-state index contributed by atoms with van der Waals surface area (Å²) in [7, 11) is 0. The molecular weight excluding hydrogens is 246 g/mol. The van der Waals surface area contributed by atoms with Gasteiger partial charge in [0.2, 0.25) is 0 Å². The summed E-state index contributed by atoms with van der Waals surface area (Å²) in [6.07, 6.45) is 3.08.